The summed E-state index contributed by atoms with van der Waals surface area (Å²) in [7, 11) is 0. The molecule has 7 heteroatoms. The van der Waals surface area contributed by atoms with Crippen LogP contribution in [0.2, 0.25) is 0 Å². The highest BCUT2D eigenvalue weighted by molar-refractivity contribution is 7.09. The van der Waals surface area contributed by atoms with Gasteiger partial charge in [-0.25, -0.2) is 14.6 Å². The van der Waals surface area contributed by atoms with Gasteiger partial charge in [-0.05, 0) is 19.8 Å². The summed E-state index contributed by atoms with van der Waals surface area (Å²) in [5, 5.41) is 14.0. The Labute approximate surface area is 128 Å². The number of urea groups is 1. The summed E-state index contributed by atoms with van der Waals surface area (Å²) in [5.41, 5.74) is 0.0717. The molecule has 0 radical (unpaired) electrons. The van der Waals surface area contributed by atoms with Crippen molar-refractivity contribution in [2.75, 3.05) is 13.1 Å². The average molecular weight is 311 g/mol. The van der Waals surface area contributed by atoms with Crippen LogP contribution in [0.15, 0.2) is 5.38 Å². The van der Waals surface area contributed by atoms with Crippen LogP contribution in [0.1, 0.15) is 48.1 Å². The Hall–Kier alpha value is -1.63. The van der Waals surface area contributed by atoms with Crippen LogP contribution in [0.5, 0.6) is 0 Å². The van der Waals surface area contributed by atoms with Gasteiger partial charge in [0.2, 0.25) is 0 Å². The Kier molecular flexibility index (Phi) is 5.55. The zero-order valence-electron chi connectivity index (χ0n) is 12.2. The molecule has 6 nitrogen and oxygen atoms in total. The van der Waals surface area contributed by atoms with Gasteiger partial charge in [0, 0.05) is 30.9 Å². The summed E-state index contributed by atoms with van der Waals surface area (Å²) in [6, 6.07) is 0.255. The van der Waals surface area contributed by atoms with Crippen molar-refractivity contribution in [2.24, 2.45) is 0 Å². The van der Waals surface area contributed by atoms with E-state index in [0.29, 0.717) is 13.0 Å². The summed E-state index contributed by atoms with van der Waals surface area (Å²) in [6.07, 6.45) is 5.05. The molecular weight excluding hydrogens is 290 g/mol. The number of aromatic carboxylic acids is 1. The number of amides is 2. The highest BCUT2D eigenvalue weighted by Gasteiger charge is 2.21. The first-order valence-corrected chi connectivity index (χ1v) is 8.18. The van der Waals surface area contributed by atoms with E-state index in [1.165, 1.54) is 29.6 Å². The SMILES string of the molecule is CC1CCCCCN1C(=O)NCCc1nc(C(=O)O)cs1. The summed E-state index contributed by atoms with van der Waals surface area (Å²) in [5.74, 6) is -1.01. The van der Waals surface area contributed by atoms with E-state index in [2.05, 4.69) is 17.2 Å². The molecule has 0 bridgehead atoms. The molecule has 0 saturated carbocycles. The largest absolute Gasteiger partial charge is 0.476 e. The molecule has 0 aliphatic carbocycles. The number of aromatic nitrogens is 1. The number of likely N-dealkylation sites (tertiary alicyclic amines) is 1. The van der Waals surface area contributed by atoms with E-state index in [-0.39, 0.29) is 17.8 Å². The molecule has 0 spiro atoms. The van der Waals surface area contributed by atoms with Crippen molar-refractivity contribution in [3.63, 3.8) is 0 Å². The molecule has 21 heavy (non-hydrogen) atoms. The lowest BCUT2D eigenvalue weighted by Gasteiger charge is -2.27. The van der Waals surface area contributed by atoms with Crippen molar-refractivity contribution < 1.29 is 14.7 Å². The maximum absolute atomic E-state index is 12.2. The number of carboxylic acid groups (broad SMARTS) is 1. The molecule has 2 heterocycles. The fraction of sp³-hybridized carbons (Fsp3) is 0.643. The lowest BCUT2D eigenvalue weighted by Crippen LogP contribution is -2.45. The van der Waals surface area contributed by atoms with E-state index in [0.717, 1.165) is 24.4 Å². The van der Waals surface area contributed by atoms with Gasteiger partial charge in [0.1, 0.15) is 0 Å². The highest BCUT2D eigenvalue weighted by atomic mass is 32.1. The number of carbonyl (C=O) groups excluding carboxylic acids is 1. The van der Waals surface area contributed by atoms with Gasteiger partial charge in [-0.1, -0.05) is 12.8 Å². The number of hydrogen-bond donors (Lipinski definition) is 2. The smallest absolute Gasteiger partial charge is 0.355 e. The molecule has 1 aliphatic heterocycles. The number of carbonyl (C=O) groups is 2. The van der Waals surface area contributed by atoms with Gasteiger partial charge in [-0.15, -0.1) is 11.3 Å². The second-order valence-corrected chi connectivity index (χ2v) is 6.25. The third-order valence-corrected chi connectivity index (χ3v) is 4.61. The maximum Gasteiger partial charge on any atom is 0.355 e. The van der Waals surface area contributed by atoms with Gasteiger partial charge >= 0.3 is 12.0 Å². The molecule has 2 rings (SSSR count). The van der Waals surface area contributed by atoms with Crippen molar-refractivity contribution >= 4 is 23.3 Å². The highest BCUT2D eigenvalue weighted by Crippen LogP contribution is 2.16. The zero-order valence-corrected chi connectivity index (χ0v) is 13.0. The van der Waals surface area contributed by atoms with Crippen LogP contribution in [0.3, 0.4) is 0 Å². The standard InChI is InChI=1S/C14H21N3O3S/c1-10-5-3-2-4-8-17(10)14(20)15-7-6-12-16-11(9-21-12)13(18)19/h9-10H,2-8H2,1H3,(H,15,20)(H,18,19). The van der Waals surface area contributed by atoms with Crippen molar-refractivity contribution in [2.45, 2.75) is 45.1 Å². The van der Waals surface area contributed by atoms with Gasteiger partial charge in [0.05, 0.1) is 5.01 Å². The minimum Gasteiger partial charge on any atom is -0.476 e. The first-order valence-electron chi connectivity index (χ1n) is 7.30. The normalized spacial score (nSPS) is 19.1. The minimum atomic E-state index is -1.01. The quantitative estimate of drug-likeness (QED) is 0.894. The molecule has 1 fully saturated rings. The van der Waals surface area contributed by atoms with Crippen molar-refractivity contribution in [3.8, 4) is 0 Å². The van der Waals surface area contributed by atoms with Gasteiger partial charge in [-0.3, -0.25) is 0 Å². The topological polar surface area (TPSA) is 82.5 Å². The molecule has 116 valence electrons. The number of rotatable bonds is 4. The second kappa shape index (κ2) is 7.40. The Morgan fingerprint density at radius 2 is 2.29 bits per heavy atom. The first-order chi connectivity index (χ1) is 10.1. The van der Waals surface area contributed by atoms with Crippen LogP contribution >= 0.6 is 11.3 Å². The molecule has 1 unspecified atom stereocenters. The van der Waals surface area contributed by atoms with Crippen LogP contribution in [0.4, 0.5) is 4.79 Å². The van der Waals surface area contributed by atoms with Crippen molar-refractivity contribution in [1.29, 1.82) is 0 Å². The number of nitrogens with zero attached hydrogens (tertiary/aromatic N) is 2. The van der Waals surface area contributed by atoms with E-state index in [9.17, 15) is 9.59 Å². The third-order valence-electron chi connectivity index (χ3n) is 3.70. The minimum absolute atomic E-state index is 0.0283. The summed E-state index contributed by atoms with van der Waals surface area (Å²) in [4.78, 5) is 28.8. The van der Waals surface area contributed by atoms with Crippen molar-refractivity contribution in [1.82, 2.24) is 15.2 Å². The Morgan fingerprint density at radius 3 is 3.00 bits per heavy atom. The number of hydrogen-bond acceptors (Lipinski definition) is 4. The van der Waals surface area contributed by atoms with Crippen LogP contribution in [-0.2, 0) is 6.42 Å². The molecule has 1 atom stereocenters. The predicted octanol–water partition coefficient (Wildman–Crippen LogP) is 2.36. The molecular formula is C14H21N3O3S. The maximum atomic E-state index is 12.2. The zero-order chi connectivity index (χ0) is 15.2. The van der Waals surface area contributed by atoms with Crippen molar-refractivity contribution in [3.05, 3.63) is 16.1 Å². The molecule has 1 saturated heterocycles. The Morgan fingerprint density at radius 1 is 1.48 bits per heavy atom. The predicted molar refractivity (Wildman–Crippen MR) is 80.8 cm³/mol. The van der Waals surface area contributed by atoms with E-state index in [4.69, 9.17) is 5.11 Å². The van der Waals surface area contributed by atoms with Gasteiger partial charge < -0.3 is 15.3 Å². The van der Waals surface area contributed by atoms with E-state index in [1.54, 1.807) is 0 Å². The van der Waals surface area contributed by atoms with Crippen LogP contribution in [0.25, 0.3) is 0 Å². The fourth-order valence-electron chi connectivity index (χ4n) is 2.48. The molecule has 2 N–H and O–H groups in total. The monoisotopic (exact) mass is 311 g/mol. The van der Waals surface area contributed by atoms with Crippen LogP contribution in [-0.4, -0.2) is 46.1 Å². The lowest BCUT2D eigenvalue weighted by atomic mass is 10.1. The van der Waals surface area contributed by atoms with E-state index in [1.807, 2.05) is 4.90 Å². The Balaban J connectivity index is 1.79. The van der Waals surface area contributed by atoms with Gasteiger partial charge in [0.25, 0.3) is 0 Å². The molecule has 0 aromatic carbocycles. The number of thiazole rings is 1. The second-order valence-electron chi connectivity index (χ2n) is 5.31. The van der Waals surface area contributed by atoms with E-state index >= 15 is 0 Å². The molecule has 1 aliphatic rings. The van der Waals surface area contributed by atoms with Crippen LogP contribution in [0, 0.1) is 0 Å². The van der Waals surface area contributed by atoms with Gasteiger partial charge in [-0.2, -0.15) is 0 Å². The summed E-state index contributed by atoms with van der Waals surface area (Å²) >= 11 is 1.31. The first kappa shape index (κ1) is 15.8. The van der Waals surface area contributed by atoms with E-state index < -0.39 is 5.97 Å². The van der Waals surface area contributed by atoms with Crippen LogP contribution < -0.4 is 5.32 Å². The molecule has 1 aromatic heterocycles. The van der Waals surface area contributed by atoms with Gasteiger partial charge in [0.15, 0.2) is 5.69 Å². The molecule has 2 amide bonds. The summed E-state index contributed by atoms with van der Waals surface area (Å²) in [6.45, 7) is 3.38. The summed E-state index contributed by atoms with van der Waals surface area (Å²) < 4.78 is 0. The third kappa shape index (κ3) is 4.42. The lowest BCUT2D eigenvalue weighted by molar-refractivity contribution is 0.0691. The average Bonchev–Trinajstić information content (AvgIpc) is 2.81. The fourth-order valence-corrected chi connectivity index (χ4v) is 3.25. The number of carboxylic acids is 1. The Bertz CT molecular complexity index is 503. The number of nitrogens with one attached hydrogen (secondary N) is 1. The molecule has 1 aromatic rings.